The maximum Gasteiger partial charge on any atom is 0.326 e. The van der Waals surface area contributed by atoms with Crippen molar-refractivity contribution in [2.24, 2.45) is 22.4 Å². The Morgan fingerprint density at radius 1 is 1.00 bits per heavy atom. The highest BCUT2D eigenvalue weighted by Gasteiger charge is 2.39. The molecule has 2 aromatic rings. The van der Waals surface area contributed by atoms with Gasteiger partial charge in [-0.15, -0.1) is 5.10 Å². The van der Waals surface area contributed by atoms with Crippen LogP contribution in [0.2, 0.25) is 0 Å². The van der Waals surface area contributed by atoms with Gasteiger partial charge in [0.25, 0.3) is 0 Å². The number of aliphatic imine (C=N–C) groups is 1. The third kappa shape index (κ3) is 17.3. The molecule has 1 fully saturated rings. The molecule has 0 saturated carbocycles. The zero-order chi connectivity index (χ0) is 42.3. The van der Waals surface area contributed by atoms with Gasteiger partial charge in [0.1, 0.15) is 17.9 Å². The fourth-order valence-corrected chi connectivity index (χ4v) is 6.72. The average molecular weight is 830 g/mol. The predicted octanol–water partition coefficient (Wildman–Crippen LogP) is 0.850. The normalized spacial score (nSPS) is 15.3. The summed E-state index contributed by atoms with van der Waals surface area (Å²) in [6.07, 6.45) is 4.23. The molecule has 3 amide bonds. The van der Waals surface area contributed by atoms with Gasteiger partial charge in [0.05, 0.1) is 38.1 Å². The SMILES string of the molecule is CCCOCCOCCn1cc(CCC(=O)CCC(=O)N[C@@H](CS)C(=O)C[C@H](Cc2ccccc2)C(=O)N2CCC[C@H]2C(=O)N[C@@H](CCCN=C(N)N)C(=O)O)nn1. The van der Waals surface area contributed by atoms with Crippen LogP contribution in [-0.2, 0) is 57.6 Å². The van der Waals surface area contributed by atoms with Crippen LogP contribution in [0.1, 0.15) is 76.0 Å². The molecule has 1 aromatic heterocycles. The lowest BCUT2D eigenvalue weighted by molar-refractivity contribution is -0.145. The number of ether oxygens (including phenoxy) is 2. The number of rotatable bonds is 29. The summed E-state index contributed by atoms with van der Waals surface area (Å²) in [5, 5.41) is 23.1. The minimum Gasteiger partial charge on any atom is -0.480 e. The molecular formula is C39H59N9O9S. The van der Waals surface area contributed by atoms with Gasteiger partial charge < -0.3 is 41.6 Å². The third-order valence-corrected chi connectivity index (χ3v) is 9.85. The zero-order valence-electron chi connectivity index (χ0n) is 33.3. The van der Waals surface area contributed by atoms with Crippen LogP contribution < -0.4 is 22.1 Å². The second-order valence-electron chi connectivity index (χ2n) is 14.1. The highest BCUT2D eigenvalue weighted by Crippen LogP contribution is 2.25. The molecule has 3 rings (SSSR count). The minimum absolute atomic E-state index is 0.0338. The summed E-state index contributed by atoms with van der Waals surface area (Å²) >= 11 is 4.30. The minimum atomic E-state index is -1.23. The summed E-state index contributed by atoms with van der Waals surface area (Å²) in [6.45, 7) is 5.17. The number of carboxylic acids is 1. The summed E-state index contributed by atoms with van der Waals surface area (Å²) in [7, 11) is 0. The van der Waals surface area contributed by atoms with E-state index in [1.807, 2.05) is 37.3 Å². The molecule has 1 aliphatic rings. The first kappa shape index (κ1) is 47.5. The number of ketones is 2. The van der Waals surface area contributed by atoms with Gasteiger partial charge in [-0.3, -0.25) is 29.0 Å². The van der Waals surface area contributed by atoms with Crippen LogP contribution in [0.15, 0.2) is 41.5 Å². The molecule has 0 radical (unpaired) electrons. The highest BCUT2D eigenvalue weighted by atomic mass is 32.1. The predicted molar refractivity (Wildman–Crippen MR) is 218 cm³/mol. The van der Waals surface area contributed by atoms with Crippen molar-refractivity contribution in [2.45, 2.75) is 102 Å². The second kappa shape index (κ2) is 26.2. The van der Waals surface area contributed by atoms with Crippen LogP contribution in [0.5, 0.6) is 0 Å². The first-order valence-electron chi connectivity index (χ1n) is 19.8. The molecule has 0 aliphatic carbocycles. The number of aromatic nitrogens is 3. The van der Waals surface area contributed by atoms with E-state index in [0.717, 1.165) is 12.0 Å². The standard InChI is InChI=1S/C39H59N9O9S/c1-2-19-56-21-22-57-20-18-47-25-29(45-46-47)12-13-30(49)14-15-35(51)43-32(26-58)34(50)24-28(23-27-8-4-3-5-9-27)37(53)48-17-7-11-33(48)36(52)44-31(38(54)55)10-6-16-42-39(40)41/h3-5,8-9,25,28,31-33,58H,2,6-7,10-24,26H2,1H3,(H,43,51)(H,44,52)(H,54,55)(H4,40,41,42)/t28-,31-,32-,33-/m0/s1. The van der Waals surface area contributed by atoms with Gasteiger partial charge in [0, 0.05) is 63.2 Å². The molecule has 4 atom stereocenters. The van der Waals surface area contributed by atoms with Gasteiger partial charge in [0.15, 0.2) is 11.7 Å². The van der Waals surface area contributed by atoms with Crippen molar-refractivity contribution in [3.63, 3.8) is 0 Å². The maximum absolute atomic E-state index is 14.1. The third-order valence-electron chi connectivity index (χ3n) is 9.49. The summed E-state index contributed by atoms with van der Waals surface area (Å²) in [5.41, 5.74) is 12.1. The number of Topliss-reactive ketones (excluding diaryl/α,β-unsaturated/α-hetero) is 2. The number of nitrogens with zero attached hydrogens (tertiary/aromatic N) is 5. The number of hydrogen-bond donors (Lipinski definition) is 6. The van der Waals surface area contributed by atoms with E-state index in [1.165, 1.54) is 4.90 Å². The topological polar surface area (TPSA) is 264 Å². The van der Waals surface area contributed by atoms with E-state index in [9.17, 15) is 33.9 Å². The summed E-state index contributed by atoms with van der Waals surface area (Å²) in [4.78, 5) is 83.9. The molecule has 0 bridgehead atoms. The lowest BCUT2D eigenvalue weighted by atomic mass is 9.90. The van der Waals surface area contributed by atoms with E-state index < -0.39 is 53.5 Å². The quantitative estimate of drug-likeness (QED) is 0.0288. The Kier molecular flexibility index (Phi) is 21.4. The second-order valence-corrected chi connectivity index (χ2v) is 14.5. The number of likely N-dealkylation sites (tertiary alicyclic amines) is 1. The molecule has 7 N–H and O–H groups in total. The fraction of sp³-hybridized carbons (Fsp3) is 0.615. The number of hydrogen-bond acceptors (Lipinski definition) is 12. The van der Waals surface area contributed by atoms with E-state index in [1.54, 1.807) is 10.9 Å². The fourth-order valence-electron chi connectivity index (χ4n) is 6.42. The van der Waals surface area contributed by atoms with Crippen LogP contribution in [0.4, 0.5) is 0 Å². The van der Waals surface area contributed by atoms with E-state index >= 15 is 0 Å². The van der Waals surface area contributed by atoms with Crippen molar-refractivity contribution in [1.29, 1.82) is 0 Å². The van der Waals surface area contributed by atoms with Crippen molar-refractivity contribution in [3.8, 4) is 0 Å². The Hall–Kier alpha value is -4.88. The van der Waals surface area contributed by atoms with Gasteiger partial charge in [-0.2, -0.15) is 12.6 Å². The first-order valence-corrected chi connectivity index (χ1v) is 20.5. The van der Waals surface area contributed by atoms with E-state index in [4.69, 9.17) is 20.9 Å². The molecule has 1 aliphatic heterocycles. The van der Waals surface area contributed by atoms with Gasteiger partial charge in [-0.05, 0) is 50.5 Å². The first-order chi connectivity index (χ1) is 27.9. The molecule has 320 valence electrons. The smallest absolute Gasteiger partial charge is 0.326 e. The van der Waals surface area contributed by atoms with Crippen LogP contribution in [-0.4, -0.2) is 130 Å². The molecular weight excluding hydrogens is 771 g/mol. The molecule has 0 unspecified atom stereocenters. The number of nitrogens with two attached hydrogens (primary N) is 2. The number of carboxylic acid groups (broad SMARTS) is 1. The molecule has 58 heavy (non-hydrogen) atoms. The number of thiol groups is 1. The molecule has 1 aromatic carbocycles. The van der Waals surface area contributed by atoms with Gasteiger partial charge in [0.2, 0.25) is 17.7 Å². The van der Waals surface area contributed by atoms with Crippen LogP contribution in [0, 0.1) is 5.92 Å². The Balaban J connectivity index is 1.53. The lowest BCUT2D eigenvalue weighted by Gasteiger charge is -2.29. The van der Waals surface area contributed by atoms with E-state index in [-0.39, 0.29) is 69.1 Å². The Bertz CT molecular complexity index is 1660. The van der Waals surface area contributed by atoms with Crippen LogP contribution >= 0.6 is 12.6 Å². The number of guanidine groups is 1. The number of aryl methyl sites for hydroxylation is 1. The Labute approximate surface area is 344 Å². The lowest BCUT2D eigenvalue weighted by Crippen LogP contribution is -2.52. The van der Waals surface area contributed by atoms with Crippen LogP contribution in [0.3, 0.4) is 0 Å². The van der Waals surface area contributed by atoms with Crippen molar-refractivity contribution < 1.29 is 43.3 Å². The van der Waals surface area contributed by atoms with Crippen molar-refractivity contribution in [1.82, 2.24) is 30.5 Å². The molecule has 2 heterocycles. The van der Waals surface area contributed by atoms with Gasteiger partial charge in [-0.1, -0.05) is 42.5 Å². The number of benzene rings is 1. The summed E-state index contributed by atoms with van der Waals surface area (Å²) < 4.78 is 12.6. The Morgan fingerprint density at radius 3 is 2.43 bits per heavy atom. The molecule has 1 saturated heterocycles. The average Bonchev–Trinajstić information content (AvgIpc) is 3.89. The Morgan fingerprint density at radius 2 is 1.74 bits per heavy atom. The van der Waals surface area contributed by atoms with Gasteiger partial charge in [-0.25, -0.2) is 9.48 Å². The monoisotopic (exact) mass is 829 g/mol. The van der Waals surface area contributed by atoms with Gasteiger partial charge >= 0.3 is 5.97 Å². The largest absolute Gasteiger partial charge is 0.480 e. The molecule has 19 heteroatoms. The van der Waals surface area contributed by atoms with E-state index in [0.29, 0.717) is 64.3 Å². The molecule has 18 nitrogen and oxygen atoms in total. The van der Waals surface area contributed by atoms with E-state index in [2.05, 4.69) is 38.6 Å². The summed E-state index contributed by atoms with van der Waals surface area (Å²) in [6, 6.07) is 5.96. The molecule has 0 spiro atoms. The zero-order valence-corrected chi connectivity index (χ0v) is 34.2. The van der Waals surface area contributed by atoms with Crippen LogP contribution in [0.25, 0.3) is 0 Å². The van der Waals surface area contributed by atoms with Crippen molar-refractivity contribution >= 4 is 53.8 Å². The summed E-state index contributed by atoms with van der Waals surface area (Å²) in [5.74, 6) is -4.36. The van der Waals surface area contributed by atoms with Crippen molar-refractivity contribution in [2.75, 3.05) is 45.3 Å². The number of carbonyl (C=O) groups is 6. The number of amides is 3. The van der Waals surface area contributed by atoms with Crippen molar-refractivity contribution in [3.05, 3.63) is 47.8 Å². The maximum atomic E-state index is 14.1. The number of nitrogens with one attached hydrogen (secondary N) is 2. The highest BCUT2D eigenvalue weighted by molar-refractivity contribution is 7.80. The number of carbonyl (C=O) groups excluding carboxylic acids is 5. The number of aliphatic carboxylic acids is 1.